The van der Waals surface area contributed by atoms with E-state index >= 15 is 0 Å². The van der Waals surface area contributed by atoms with Gasteiger partial charge in [-0.15, -0.1) is 5.10 Å². The van der Waals surface area contributed by atoms with Crippen molar-refractivity contribution in [3.8, 4) is 5.75 Å². The lowest BCUT2D eigenvalue weighted by Crippen LogP contribution is -2.59. The van der Waals surface area contributed by atoms with Crippen LogP contribution in [0.4, 0.5) is 0 Å². The molecule has 7 amide bonds. The number of carbonyl (C=O) groups is 7. The van der Waals surface area contributed by atoms with Gasteiger partial charge < -0.3 is 52.6 Å². The first-order valence-corrected chi connectivity index (χ1v) is 20.3. The Balaban J connectivity index is 1.28. The molecule has 2 fully saturated rings. The van der Waals surface area contributed by atoms with Crippen LogP contribution in [-0.2, 0) is 59.4 Å². The van der Waals surface area contributed by atoms with Gasteiger partial charge in [0.2, 0.25) is 41.4 Å². The second-order valence-electron chi connectivity index (χ2n) is 15.6. The average molecular weight is 832 g/mol. The van der Waals surface area contributed by atoms with Crippen LogP contribution < -0.4 is 32.7 Å². The fraction of sp³-hybridized carbons (Fsp3) is 0.538. The molecule has 2 bridgehead atoms. The molecule has 322 valence electrons. The summed E-state index contributed by atoms with van der Waals surface area (Å²) in [5.41, 5.74) is 13.5. The molecular formula is C39H53N13O8. The molecular weight excluding hydrogens is 779 g/mol. The highest BCUT2D eigenvalue weighted by atomic mass is 16.3. The number of carbonyl (C=O) groups excluding carboxylic acids is 7. The molecule has 7 atom stereocenters. The summed E-state index contributed by atoms with van der Waals surface area (Å²) in [6, 6.07) is -1.41. The number of nitrogens with zero attached hydrogens (tertiary/aromatic N) is 6. The highest BCUT2D eigenvalue weighted by Gasteiger charge is 2.42. The maximum Gasteiger partial charge on any atom is 0.246 e. The van der Waals surface area contributed by atoms with Crippen LogP contribution in [0, 0.1) is 0 Å². The summed E-state index contributed by atoms with van der Waals surface area (Å²) in [5, 5.41) is 29.1. The third-order valence-corrected chi connectivity index (χ3v) is 11.2. The predicted molar refractivity (Wildman–Crippen MR) is 212 cm³/mol. The lowest BCUT2D eigenvalue weighted by atomic mass is 10.0. The number of primary amides is 1. The monoisotopic (exact) mass is 831 g/mol. The molecule has 2 aromatic heterocycles. The Kier molecular flexibility index (Phi) is 14.1. The molecule has 3 aliphatic rings. The molecule has 21 heteroatoms. The lowest BCUT2D eigenvalue weighted by molar-refractivity contribution is -0.144. The first kappa shape index (κ1) is 43.2. The van der Waals surface area contributed by atoms with Crippen molar-refractivity contribution in [2.45, 2.75) is 120 Å². The average Bonchev–Trinajstić information content (AvgIpc) is 4.07. The van der Waals surface area contributed by atoms with E-state index in [1.165, 1.54) is 41.4 Å². The highest BCUT2D eigenvalue weighted by molar-refractivity contribution is 5.97. The Labute approximate surface area is 345 Å². The fourth-order valence-corrected chi connectivity index (χ4v) is 7.91. The number of nitrogens with one attached hydrogen (secondary N) is 5. The van der Waals surface area contributed by atoms with E-state index in [0.717, 1.165) is 0 Å². The van der Waals surface area contributed by atoms with Gasteiger partial charge in [0.1, 0.15) is 42.0 Å². The standard InChI is InChI=1S/C39H53N13O8/c1-22-38(59)51-14-4-7-31(51)37(58)47-30(18-24-19-42-21-43-24)39(60)52-15-5-8-32(52)36(57)46-29(16-23-9-11-26(53)12-10-23)35(56)45-28(33(41)54)6-2-3-13-50-20-25(48-49-50)17-27(40)34(55)44-22/h9-12,19-22,27-32,53H,2-8,13-18,40H2,1H3,(H2,41,54)(H,42,43)(H,44,55)(H,45,56)(H,46,57)(H,47,58)/t22-,27-,28-,29-,30-,31-,32-/m0/s1. The number of aromatic amines is 1. The molecule has 6 rings (SSSR count). The van der Waals surface area contributed by atoms with Crippen LogP contribution in [0.25, 0.3) is 0 Å². The maximum atomic E-state index is 14.4. The van der Waals surface area contributed by atoms with Gasteiger partial charge in [0.15, 0.2) is 0 Å². The van der Waals surface area contributed by atoms with Gasteiger partial charge in [-0.05, 0) is 69.6 Å². The van der Waals surface area contributed by atoms with E-state index in [9.17, 15) is 38.7 Å². The zero-order chi connectivity index (χ0) is 42.9. The fourth-order valence-electron chi connectivity index (χ4n) is 7.91. The van der Waals surface area contributed by atoms with Crippen molar-refractivity contribution in [3.63, 3.8) is 0 Å². The number of fused-ring (bicyclic) bond motifs is 4. The van der Waals surface area contributed by atoms with Gasteiger partial charge in [-0.1, -0.05) is 17.3 Å². The van der Waals surface area contributed by atoms with E-state index in [1.807, 2.05) is 0 Å². The third kappa shape index (κ3) is 10.8. The van der Waals surface area contributed by atoms with E-state index in [2.05, 4.69) is 41.5 Å². The minimum atomic E-state index is -1.21. The first-order valence-electron chi connectivity index (χ1n) is 20.3. The molecule has 60 heavy (non-hydrogen) atoms. The summed E-state index contributed by atoms with van der Waals surface area (Å²) in [7, 11) is 0. The predicted octanol–water partition coefficient (Wildman–Crippen LogP) is -2.33. The van der Waals surface area contributed by atoms with Crippen molar-refractivity contribution in [1.29, 1.82) is 0 Å². The Hall–Kier alpha value is -6.38. The van der Waals surface area contributed by atoms with Crippen molar-refractivity contribution in [2.75, 3.05) is 13.1 Å². The smallest absolute Gasteiger partial charge is 0.246 e. The second kappa shape index (κ2) is 19.6. The zero-order valence-corrected chi connectivity index (χ0v) is 33.4. The van der Waals surface area contributed by atoms with Crippen LogP contribution in [-0.4, -0.2) is 137 Å². The van der Waals surface area contributed by atoms with Crippen LogP contribution >= 0.6 is 0 Å². The Morgan fingerprint density at radius 3 is 2.10 bits per heavy atom. The number of aromatic nitrogens is 5. The molecule has 0 aliphatic carbocycles. The normalized spacial score (nSPS) is 26.9. The number of phenols is 1. The first-order chi connectivity index (χ1) is 28.8. The number of hydrogen-bond acceptors (Lipinski definition) is 12. The SMILES string of the molecule is C[C@@H]1NC(=O)[C@@H](N)Cc2cn(nn2)CCCC[C@@H](C(N)=O)NC(=O)[C@H](Cc2ccc(O)cc2)NC(=O)[C@@H]2CCCN2C(=O)[C@H](Cc2cnc[nH]2)NC(=O)[C@@H]2CCCN2C1=O. The number of H-pyrrole nitrogens is 1. The van der Waals surface area contributed by atoms with Crippen LogP contribution in [0.3, 0.4) is 0 Å². The van der Waals surface area contributed by atoms with Gasteiger partial charge in [0.25, 0.3) is 0 Å². The second-order valence-corrected chi connectivity index (χ2v) is 15.6. The Morgan fingerprint density at radius 2 is 1.45 bits per heavy atom. The van der Waals surface area contributed by atoms with Gasteiger partial charge >= 0.3 is 0 Å². The number of aromatic hydroxyl groups is 1. The number of phenolic OH excluding ortho intramolecular Hbond substituents is 1. The lowest BCUT2D eigenvalue weighted by Gasteiger charge is -2.32. The summed E-state index contributed by atoms with van der Waals surface area (Å²) in [6.07, 6.45) is 7.28. The minimum absolute atomic E-state index is 0.00538. The number of rotatable bonds is 5. The van der Waals surface area contributed by atoms with Gasteiger partial charge in [-0.25, -0.2) is 4.98 Å². The van der Waals surface area contributed by atoms with Gasteiger partial charge in [0, 0.05) is 57.0 Å². The van der Waals surface area contributed by atoms with Crippen molar-refractivity contribution in [2.24, 2.45) is 11.5 Å². The van der Waals surface area contributed by atoms with E-state index in [1.54, 1.807) is 23.0 Å². The maximum absolute atomic E-state index is 14.4. The van der Waals surface area contributed by atoms with Crippen molar-refractivity contribution in [3.05, 3.63) is 59.9 Å². The molecule has 0 unspecified atom stereocenters. The molecule has 21 nitrogen and oxygen atoms in total. The zero-order valence-electron chi connectivity index (χ0n) is 33.4. The van der Waals surface area contributed by atoms with Crippen molar-refractivity contribution < 1.29 is 38.7 Å². The molecule has 1 aromatic carbocycles. The summed E-state index contributed by atoms with van der Waals surface area (Å²) in [5.74, 6) is -4.27. The topological polar surface area (TPSA) is 306 Å². The number of hydrogen-bond donors (Lipinski definition) is 8. The molecule has 3 aliphatic heterocycles. The molecule has 2 saturated heterocycles. The third-order valence-electron chi connectivity index (χ3n) is 11.2. The van der Waals surface area contributed by atoms with Crippen LogP contribution in [0.15, 0.2) is 43.0 Å². The number of amides is 7. The summed E-state index contributed by atoms with van der Waals surface area (Å²) >= 11 is 0. The number of aryl methyl sites for hydroxylation is 1. The number of imidazole rings is 1. The summed E-state index contributed by atoms with van der Waals surface area (Å²) in [6.45, 7) is 2.34. The molecule has 0 radical (unpaired) electrons. The van der Waals surface area contributed by atoms with E-state index in [4.69, 9.17) is 11.5 Å². The summed E-state index contributed by atoms with van der Waals surface area (Å²) < 4.78 is 1.56. The Morgan fingerprint density at radius 1 is 0.783 bits per heavy atom. The van der Waals surface area contributed by atoms with E-state index < -0.39 is 83.6 Å². The van der Waals surface area contributed by atoms with E-state index in [0.29, 0.717) is 55.6 Å². The van der Waals surface area contributed by atoms with Crippen LogP contribution in [0.5, 0.6) is 5.75 Å². The molecule has 0 saturated carbocycles. The summed E-state index contributed by atoms with van der Waals surface area (Å²) in [4.78, 5) is 106. The Bertz CT molecular complexity index is 2020. The molecule has 10 N–H and O–H groups in total. The van der Waals surface area contributed by atoms with Crippen molar-refractivity contribution in [1.82, 2.24) is 56.0 Å². The van der Waals surface area contributed by atoms with Gasteiger partial charge in [0.05, 0.1) is 18.1 Å². The quantitative estimate of drug-likeness (QED) is 0.134. The molecule has 0 spiro atoms. The number of benzene rings is 1. The highest BCUT2D eigenvalue weighted by Crippen LogP contribution is 2.23. The van der Waals surface area contributed by atoms with Crippen molar-refractivity contribution >= 4 is 41.4 Å². The number of nitrogens with two attached hydrogens (primary N) is 2. The van der Waals surface area contributed by atoms with Gasteiger partial charge in [-0.2, -0.15) is 0 Å². The van der Waals surface area contributed by atoms with E-state index in [-0.39, 0.29) is 50.9 Å². The van der Waals surface area contributed by atoms with Gasteiger partial charge in [-0.3, -0.25) is 38.2 Å². The minimum Gasteiger partial charge on any atom is -0.508 e. The molecule has 3 aromatic rings. The van der Waals surface area contributed by atoms with Crippen LogP contribution in [0.2, 0.25) is 0 Å². The van der Waals surface area contributed by atoms with Crippen LogP contribution in [0.1, 0.15) is 68.8 Å². The molecule has 5 heterocycles. The largest absolute Gasteiger partial charge is 0.508 e.